The molecule has 0 heterocycles. The van der Waals surface area contributed by atoms with Gasteiger partial charge in [-0.3, -0.25) is 0 Å². The number of rotatable bonds is 2. The van der Waals surface area contributed by atoms with Crippen LogP contribution in [-0.4, -0.2) is 5.11 Å². The van der Waals surface area contributed by atoms with Gasteiger partial charge < -0.3 is 5.11 Å². The summed E-state index contributed by atoms with van der Waals surface area (Å²) in [6.07, 6.45) is 0. The summed E-state index contributed by atoms with van der Waals surface area (Å²) < 4.78 is 0. The molecule has 1 aromatic carbocycles. The molecule has 1 nitrogen and oxygen atoms in total. The normalized spacial score (nSPS) is 10.2. The molecule has 1 aromatic rings. The number of hydrogen-bond acceptors (Lipinski definition) is 1. The van der Waals surface area contributed by atoms with E-state index in [1.54, 1.807) is 0 Å². The molecule has 0 amide bonds. The van der Waals surface area contributed by atoms with E-state index < -0.39 is 0 Å². The highest BCUT2D eigenvalue weighted by Crippen LogP contribution is 2.16. The molecule has 64 valence electrons. The monoisotopic (exact) mass is 162 g/mol. The van der Waals surface area contributed by atoms with Crippen LogP contribution in [0.15, 0.2) is 30.8 Å². The van der Waals surface area contributed by atoms with Crippen molar-refractivity contribution in [1.29, 1.82) is 0 Å². The minimum Gasteiger partial charge on any atom is -0.508 e. The minimum atomic E-state index is 0.130. The highest BCUT2D eigenvalue weighted by atomic mass is 16.3. The van der Waals surface area contributed by atoms with Crippen molar-refractivity contribution in [2.45, 2.75) is 19.8 Å². The molecule has 0 aliphatic carbocycles. The molecule has 0 unspecified atom stereocenters. The van der Waals surface area contributed by atoms with Gasteiger partial charge in [0.05, 0.1) is 0 Å². The van der Waals surface area contributed by atoms with E-state index in [-0.39, 0.29) is 5.76 Å². The summed E-state index contributed by atoms with van der Waals surface area (Å²) in [6, 6.07) is 7.80. The Morgan fingerprint density at radius 2 is 1.75 bits per heavy atom. The van der Waals surface area contributed by atoms with E-state index in [4.69, 9.17) is 5.11 Å². The largest absolute Gasteiger partial charge is 0.508 e. The van der Waals surface area contributed by atoms with Crippen LogP contribution in [0.4, 0.5) is 0 Å². The maximum Gasteiger partial charge on any atom is 0.115 e. The lowest BCUT2D eigenvalue weighted by Crippen LogP contribution is -1.87. The Morgan fingerprint density at radius 3 is 2.08 bits per heavy atom. The second-order valence-corrected chi connectivity index (χ2v) is 3.22. The Morgan fingerprint density at radius 1 is 1.25 bits per heavy atom. The fourth-order valence-corrected chi connectivity index (χ4v) is 1.06. The molecule has 0 saturated heterocycles. The van der Waals surface area contributed by atoms with Crippen molar-refractivity contribution in [1.82, 2.24) is 0 Å². The van der Waals surface area contributed by atoms with Gasteiger partial charge in [-0.2, -0.15) is 0 Å². The van der Waals surface area contributed by atoms with Crippen LogP contribution >= 0.6 is 0 Å². The standard InChI is InChI=1S/C11H14O/c1-8(2)10-4-6-11(7-5-10)9(3)12/h4-8,12H,3H2,1-2H3. The molecule has 0 aliphatic heterocycles. The van der Waals surface area contributed by atoms with E-state index in [9.17, 15) is 0 Å². The molecule has 0 atom stereocenters. The van der Waals surface area contributed by atoms with Gasteiger partial charge in [0.25, 0.3) is 0 Å². The molecule has 0 spiro atoms. The molecule has 0 radical (unpaired) electrons. The van der Waals surface area contributed by atoms with Gasteiger partial charge in [0.2, 0.25) is 0 Å². The van der Waals surface area contributed by atoms with Gasteiger partial charge >= 0.3 is 0 Å². The van der Waals surface area contributed by atoms with E-state index in [1.165, 1.54) is 5.56 Å². The van der Waals surface area contributed by atoms with E-state index in [0.717, 1.165) is 5.56 Å². The molecule has 12 heavy (non-hydrogen) atoms. The quantitative estimate of drug-likeness (QED) is 0.661. The van der Waals surface area contributed by atoms with Gasteiger partial charge in [-0.25, -0.2) is 0 Å². The number of hydrogen-bond donors (Lipinski definition) is 1. The first-order chi connectivity index (χ1) is 5.61. The fraction of sp³-hybridized carbons (Fsp3) is 0.273. The Kier molecular flexibility index (Phi) is 2.54. The van der Waals surface area contributed by atoms with Crippen LogP contribution in [0.2, 0.25) is 0 Å². The lowest BCUT2D eigenvalue weighted by atomic mass is 10.0. The van der Waals surface area contributed by atoms with E-state index >= 15 is 0 Å². The number of benzene rings is 1. The van der Waals surface area contributed by atoms with Gasteiger partial charge in [-0.1, -0.05) is 44.7 Å². The molecule has 0 bridgehead atoms. The fourth-order valence-electron chi connectivity index (χ4n) is 1.06. The van der Waals surface area contributed by atoms with Crippen LogP contribution in [0.3, 0.4) is 0 Å². The number of aliphatic hydroxyl groups excluding tert-OH is 1. The Hall–Kier alpha value is -1.24. The summed E-state index contributed by atoms with van der Waals surface area (Å²) in [4.78, 5) is 0. The van der Waals surface area contributed by atoms with Crippen LogP contribution in [0.5, 0.6) is 0 Å². The molecule has 1 N–H and O–H groups in total. The summed E-state index contributed by atoms with van der Waals surface area (Å²) in [5, 5.41) is 9.06. The lowest BCUT2D eigenvalue weighted by Gasteiger charge is -2.05. The smallest absolute Gasteiger partial charge is 0.115 e. The van der Waals surface area contributed by atoms with Crippen molar-refractivity contribution in [3.8, 4) is 0 Å². The first kappa shape index (κ1) is 8.85. The zero-order chi connectivity index (χ0) is 9.14. The third-order valence-electron chi connectivity index (χ3n) is 1.91. The van der Waals surface area contributed by atoms with E-state index in [2.05, 4.69) is 20.4 Å². The third-order valence-corrected chi connectivity index (χ3v) is 1.91. The summed E-state index contributed by atoms with van der Waals surface area (Å²) in [5.41, 5.74) is 2.07. The zero-order valence-corrected chi connectivity index (χ0v) is 7.54. The predicted octanol–water partition coefficient (Wildman–Crippen LogP) is 3.34. The third kappa shape index (κ3) is 1.88. The Bertz CT molecular complexity index is 270. The Labute approximate surface area is 73.4 Å². The van der Waals surface area contributed by atoms with Crippen molar-refractivity contribution < 1.29 is 5.11 Å². The molecule has 0 aliphatic rings. The van der Waals surface area contributed by atoms with Gasteiger partial charge in [0.15, 0.2) is 0 Å². The average molecular weight is 162 g/mol. The predicted molar refractivity (Wildman–Crippen MR) is 52.2 cm³/mol. The van der Waals surface area contributed by atoms with Crippen molar-refractivity contribution in [3.63, 3.8) is 0 Å². The molecule has 1 heteroatoms. The average Bonchev–Trinajstić information content (AvgIpc) is 2.04. The van der Waals surface area contributed by atoms with Crippen molar-refractivity contribution in [3.05, 3.63) is 42.0 Å². The first-order valence-corrected chi connectivity index (χ1v) is 4.09. The molecule has 1 rings (SSSR count). The molecule has 0 saturated carbocycles. The van der Waals surface area contributed by atoms with E-state index in [0.29, 0.717) is 5.92 Å². The van der Waals surface area contributed by atoms with Crippen LogP contribution in [-0.2, 0) is 0 Å². The van der Waals surface area contributed by atoms with Crippen LogP contribution in [0.1, 0.15) is 30.9 Å². The maximum atomic E-state index is 9.06. The first-order valence-electron chi connectivity index (χ1n) is 4.09. The van der Waals surface area contributed by atoms with Crippen LogP contribution in [0.25, 0.3) is 5.76 Å². The van der Waals surface area contributed by atoms with Gasteiger partial charge in [0, 0.05) is 5.56 Å². The zero-order valence-electron chi connectivity index (χ0n) is 7.54. The van der Waals surface area contributed by atoms with Gasteiger partial charge in [0.1, 0.15) is 5.76 Å². The van der Waals surface area contributed by atoms with Gasteiger partial charge in [-0.15, -0.1) is 0 Å². The molecular weight excluding hydrogens is 148 g/mol. The van der Waals surface area contributed by atoms with Crippen LogP contribution < -0.4 is 0 Å². The minimum absolute atomic E-state index is 0.130. The van der Waals surface area contributed by atoms with E-state index in [1.807, 2.05) is 24.3 Å². The summed E-state index contributed by atoms with van der Waals surface area (Å²) in [7, 11) is 0. The van der Waals surface area contributed by atoms with Crippen molar-refractivity contribution in [2.24, 2.45) is 0 Å². The van der Waals surface area contributed by atoms with Gasteiger partial charge in [-0.05, 0) is 11.5 Å². The second kappa shape index (κ2) is 3.44. The summed E-state index contributed by atoms with van der Waals surface area (Å²) in [5.74, 6) is 0.663. The van der Waals surface area contributed by atoms with Crippen molar-refractivity contribution in [2.75, 3.05) is 0 Å². The van der Waals surface area contributed by atoms with Crippen LogP contribution in [0, 0.1) is 0 Å². The maximum absolute atomic E-state index is 9.06. The highest BCUT2D eigenvalue weighted by Gasteiger charge is 1.99. The molecular formula is C11H14O. The Balaban J connectivity index is 2.93. The summed E-state index contributed by atoms with van der Waals surface area (Å²) in [6.45, 7) is 7.74. The highest BCUT2D eigenvalue weighted by molar-refractivity contribution is 5.56. The molecule has 0 fully saturated rings. The summed E-state index contributed by atoms with van der Waals surface area (Å²) >= 11 is 0. The topological polar surface area (TPSA) is 20.2 Å². The molecule has 0 aromatic heterocycles. The second-order valence-electron chi connectivity index (χ2n) is 3.22. The lowest BCUT2D eigenvalue weighted by molar-refractivity contribution is 0.514. The SMILES string of the molecule is C=C(O)c1ccc(C(C)C)cc1. The number of aliphatic hydroxyl groups is 1. The van der Waals surface area contributed by atoms with Crippen molar-refractivity contribution >= 4 is 5.76 Å².